The molecule has 0 aromatic heterocycles. The van der Waals surface area contributed by atoms with Crippen LogP contribution in [0.15, 0.2) is 48.5 Å². The summed E-state index contributed by atoms with van der Waals surface area (Å²) in [6, 6.07) is -5.35. The molecule has 0 aliphatic heterocycles. The molecule has 0 saturated heterocycles. The van der Waals surface area contributed by atoms with Crippen LogP contribution >= 0.6 is 25.3 Å². The summed E-state index contributed by atoms with van der Waals surface area (Å²) in [6.07, 6.45) is -4.44. The van der Waals surface area contributed by atoms with Crippen LogP contribution in [0.4, 0.5) is 0 Å². The number of aromatic hydroxyl groups is 2. The third-order valence-electron chi connectivity index (χ3n) is 12.9. The molecular formula is C55H81N13O19S2. The topological polar surface area (TPSA) is 538 Å². The number of phenols is 2. The fraction of sp³-hybridized carbons (Fsp3) is 0.527. The predicted octanol–water partition coefficient (Wildman–Crippen LogP) is -5.28. The first-order chi connectivity index (χ1) is 41.8. The van der Waals surface area contributed by atoms with Crippen molar-refractivity contribution >= 4 is 108 Å². The van der Waals surface area contributed by atoms with E-state index in [4.69, 9.17) is 22.3 Å². The van der Waals surface area contributed by atoms with Gasteiger partial charge in [-0.2, -0.15) is 25.3 Å². The summed E-state index contributed by atoms with van der Waals surface area (Å²) < 4.78 is 0. The molecule has 0 spiro atoms. The number of carbonyl (C=O) groups excluding carboxylic acids is 12. The molecule has 2 aromatic carbocycles. The lowest BCUT2D eigenvalue weighted by atomic mass is 9.99. The minimum Gasteiger partial charge on any atom is -0.508 e. The van der Waals surface area contributed by atoms with Gasteiger partial charge >= 0.3 is 11.9 Å². The van der Waals surface area contributed by atoms with Crippen LogP contribution in [0.1, 0.15) is 83.8 Å². The van der Waals surface area contributed by atoms with E-state index in [1.165, 1.54) is 48.5 Å². The van der Waals surface area contributed by atoms with Gasteiger partial charge in [0.2, 0.25) is 70.9 Å². The van der Waals surface area contributed by atoms with Gasteiger partial charge in [0.25, 0.3) is 0 Å². The zero-order valence-corrected chi connectivity index (χ0v) is 51.1. The second kappa shape index (κ2) is 38.5. The standard InChI is InChI=1S/C55H81N13O19S2/c1-26(2)17-35(50(82)61-34(14-16-44(74)75)49(81)66-39(21-43(58)73)54(86)65-38(20-29-7-11-31(71)12-8-29)53(85)68-41(25-89)47(79)59-22-45(76)77)62-48(80)33(13-15-42(57)72)60-52(84)37(19-28-5-9-30(70)10-6-28)64-51(83)36(18-27(3)4)63-55(87)40(23-69)67-46(78)32(56)24-88/h5-12,26-27,32-41,69-71,88-89H,13-25,56H2,1-4H3,(H2,57,72)(H2,58,73)(H,59,79)(H,60,84)(H,61,82)(H,62,80)(H,63,87)(H,64,83)(H,65,86)(H,66,81)(H,67,78)(H,68,85)(H,74,75)(H,76,77)/t32-,33-,34-,35-,36-,37-,38-,39-,40-,41-/m0/s1. The zero-order chi connectivity index (χ0) is 67.2. The number of carboxylic acid groups (broad SMARTS) is 2. The lowest BCUT2D eigenvalue weighted by Gasteiger charge is -2.29. The normalized spacial score (nSPS) is 14.4. The van der Waals surface area contributed by atoms with Crippen LogP contribution in [0.2, 0.25) is 0 Å². The maximum absolute atomic E-state index is 14.4. The summed E-state index contributed by atoms with van der Waals surface area (Å²) in [5.74, 6) is -17.1. The van der Waals surface area contributed by atoms with Crippen molar-refractivity contribution in [2.45, 2.75) is 146 Å². The number of hydrogen-bond acceptors (Lipinski definition) is 20. The van der Waals surface area contributed by atoms with E-state index in [-0.39, 0.29) is 54.6 Å². The number of hydrogen-bond donors (Lipinski definition) is 20. The highest BCUT2D eigenvalue weighted by atomic mass is 32.1. The SMILES string of the molecule is CC(C)C[C@H](NC(=O)[C@H](CCC(N)=O)NC(=O)[C@H](Cc1ccc(O)cc1)NC(=O)[C@H](CC(C)C)NC(=O)[C@H](CO)NC(=O)[C@@H](N)CS)C(=O)N[C@@H](CCC(=O)O)C(=O)N[C@@H](CC(N)=O)C(=O)N[C@@H](Cc1ccc(O)cc1)C(=O)N[C@@H](CS)C(=O)NCC(=O)O. The van der Waals surface area contributed by atoms with E-state index < -0.39 is 194 Å². The number of rotatable bonds is 40. The monoisotopic (exact) mass is 1290 g/mol. The number of thiol groups is 2. The van der Waals surface area contributed by atoms with Gasteiger partial charge in [0.05, 0.1) is 19.1 Å². The first-order valence-electron chi connectivity index (χ1n) is 27.9. The molecule has 2 rings (SSSR count). The smallest absolute Gasteiger partial charge is 0.322 e. The second-order valence-corrected chi connectivity index (χ2v) is 22.2. The fourth-order valence-electron chi connectivity index (χ4n) is 8.28. The van der Waals surface area contributed by atoms with E-state index in [1.54, 1.807) is 27.7 Å². The third kappa shape index (κ3) is 28.7. The molecule has 12 amide bonds. The molecule has 89 heavy (non-hydrogen) atoms. The number of aliphatic hydroxyl groups excluding tert-OH is 1. The predicted molar refractivity (Wildman–Crippen MR) is 322 cm³/mol. The average Bonchev–Trinajstić information content (AvgIpc) is 3.63. The third-order valence-corrected chi connectivity index (χ3v) is 13.7. The van der Waals surface area contributed by atoms with Gasteiger partial charge in [-0.15, -0.1) is 0 Å². The van der Waals surface area contributed by atoms with Crippen LogP contribution in [-0.4, -0.2) is 193 Å². The van der Waals surface area contributed by atoms with Crippen molar-refractivity contribution in [3.8, 4) is 11.5 Å². The molecule has 0 heterocycles. The first kappa shape index (κ1) is 76.3. The number of phenolic OH excluding ortho intramolecular Hbond substituents is 2. The summed E-state index contributed by atoms with van der Waals surface area (Å²) >= 11 is 8.01. The van der Waals surface area contributed by atoms with Gasteiger partial charge in [0.1, 0.15) is 72.4 Å². The van der Waals surface area contributed by atoms with Crippen LogP contribution in [0.5, 0.6) is 11.5 Å². The van der Waals surface area contributed by atoms with Gasteiger partial charge in [-0.1, -0.05) is 52.0 Å². The van der Waals surface area contributed by atoms with Crippen molar-refractivity contribution in [1.29, 1.82) is 0 Å². The molecule has 0 radical (unpaired) electrons. The van der Waals surface area contributed by atoms with Crippen LogP contribution in [0.25, 0.3) is 0 Å². The fourth-order valence-corrected chi connectivity index (χ4v) is 8.70. The lowest BCUT2D eigenvalue weighted by Crippen LogP contribution is -2.61. The van der Waals surface area contributed by atoms with E-state index in [9.17, 15) is 87.5 Å². The minimum absolute atomic E-state index is 0.0520. The number of carboxylic acids is 2. The molecule has 2 aromatic rings. The van der Waals surface area contributed by atoms with Gasteiger partial charge in [0, 0.05) is 37.2 Å². The van der Waals surface area contributed by atoms with Crippen LogP contribution in [-0.2, 0) is 80.0 Å². The summed E-state index contributed by atoms with van der Waals surface area (Å²) in [5.41, 5.74) is 17.3. The van der Waals surface area contributed by atoms with Gasteiger partial charge < -0.3 is 95.9 Å². The summed E-state index contributed by atoms with van der Waals surface area (Å²) in [4.78, 5) is 185. The molecule has 34 heteroatoms. The van der Waals surface area contributed by atoms with Gasteiger partial charge in [-0.05, 0) is 72.9 Å². The Labute approximate surface area is 522 Å². The van der Waals surface area contributed by atoms with Crippen LogP contribution in [0.3, 0.4) is 0 Å². The highest BCUT2D eigenvalue weighted by Crippen LogP contribution is 2.16. The maximum Gasteiger partial charge on any atom is 0.322 e. The number of primary amides is 2. The molecule has 0 aliphatic rings. The van der Waals surface area contributed by atoms with Crippen molar-refractivity contribution in [1.82, 2.24) is 53.2 Å². The highest BCUT2D eigenvalue weighted by Gasteiger charge is 2.37. The second-order valence-electron chi connectivity index (χ2n) is 21.4. The molecule has 492 valence electrons. The lowest BCUT2D eigenvalue weighted by molar-refractivity contribution is -0.139. The van der Waals surface area contributed by atoms with E-state index in [0.717, 1.165) is 0 Å². The van der Waals surface area contributed by atoms with Crippen molar-refractivity contribution in [3.05, 3.63) is 59.7 Å². The quantitative estimate of drug-likeness (QED) is 0.0277. The summed E-state index contributed by atoms with van der Waals surface area (Å²) in [6.45, 7) is 4.95. The van der Waals surface area contributed by atoms with Crippen molar-refractivity contribution in [3.63, 3.8) is 0 Å². The Morgan fingerprint density at radius 1 is 0.427 bits per heavy atom. The number of aliphatic hydroxyl groups is 1. The molecule has 0 saturated carbocycles. The number of benzene rings is 2. The number of nitrogens with two attached hydrogens (primary N) is 3. The molecular weight excluding hydrogens is 1210 g/mol. The molecule has 10 atom stereocenters. The van der Waals surface area contributed by atoms with E-state index >= 15 is 0 Å². The average molecular weight is 1290 g/mol. The van der Waals surface area contributed by atoms with Gasteiger partial charge in [-0.25, -0.2) is 0 Å². The van der Waals surface area contributed by atoms with Crippen molar-refractivity contribution in [2.75, 3.05) is 24.7 Å². The highest BCUT2D eigenvalue weighted by molar-refractivity contribution is 7.80. The van der Waals surface area contributed by atoms with Crippen molar-refractivity contribution in [2.24, 2.45) is 29.0 Å². The van der Waals surface area contributed by atoms with E-state index in [0.29, 0.717) is 11.1 Å². The van der Waals surface area contributed by atoms with Crippen molar-refractivity contribution < 1.29 is 92.7 Å². The Hall–Kier alpha value is -8.76. The number of aliphatic carboxylic acids is 2. The Bertz CT molecular complexity index is 2810. The Kier molecular flexibility index (Phi) is 33.0. The number of amides is 12. The van der Waals surface area contributed by atoms with Gasteiger partial charge in [0.15, 0.2) is 0 Å². The first-order valence-corrected chi connectivity index (χ1v) is 29.2. The Balaban J connectivity index is 2.56. The molecule has 0 bridgehead atoms. The Morgan fingerprint density at radius 2 is 0.775 bits per heavy atom. The maximum atomic E-state index is 14.4. The van der Waals surface area contributed by atoms with Gasteiger partial charge in [-0.3, -0.25) is 67.1 Å². The number of carbonyl (C=O) groups is 14. The summed E-state index contributed by atoms with van der Waals surface area (Å²) in [5, 5.41) is 72.1. The largest absolute Gasteiger partial charge is 0.508 e. The van der Waals surface area contributed by atoms with E-state index in [1.807, 2.05) is 0 Å². The molecule has 32 nitrogen and oxygen atoms in total. The minimum atomic E-state index is -1.96. The van der Waals surface area contributed by atoms with E-state index in [2.05, 4.69) is 78.4 Å². The molecule has 0 fully saturated rings. The van der Waals surface area contributed by atoms with Crippen LogP contribution in [0, 0.1) is 11.8 Å². The Morgan fingerprint density at radius 3 is 1.15 bits per heavy atom. The number of nitrogens with one attached hydrogen (secondary N) is 10. The summed E-state index contributed by atoms with van der Waals surface area (Å²) in [7, 11) is 0. The molecule has 0 aliphatic carbocycles. The zero-order valence-electron chi connectivity index (χ0n) is 49.3. The molecule has 21 N–H and O–H groups in total. The van der Waals surface area contributed by atoms with Crippen LogP contribution < -0.4 is 70.4 Å². The molecule has 0 unspecified atom stereocenters.